The first-order valence-electron chi connectivity index (χ1n) is 10.0. The zero-order valence-electron chi connectivity index (χ0n) is 16.7. The Morgan fingerprint density at radius 1 is 1.33 bits per heavy atom. The van der Waals surface area contributed by atoms with Crippen molar-refractivity contribution in [1.29, 1.82) is 0 Å². The van der Waals surface area contributed by atoms with Gasteiger partial charge in [-0.3, -0.25) is 0 Å². The van der Waals surface area contributed by atoms with Crippen molar-refractivity contribution in [3.8, 4) is 0 Å². The molecule has 1 saturated carbocycles. The van der Waals surface area contributed by atoms with E-state index in [1.807, 2.05) is 18.5 Å². The summed E-state index contributed by atoms with van der Waals surface area (Å²) in [4.78, 5) is 6.05. The summed E-state index contributed by atoms with van der Waals surface area (Å²) in [6.45, 7) is 6.63. The fraction of sp³-hybridized carbons (Fsp3) is 0.650. The molecule has 2 aromatic rings. The second kappa shape index (κ2) is 9.88. The molecule has 0 amide bonds. The Hall–Kier alpha value is -1.89. The molecule has 0 bridgehead atoms. The molecule has 0 aromatic carbocycles. The highest BCUT2D eigenvalue weighted by molar-refractivity contribution is 7.09. The Bertz CT molecular complexity index is 721. The molecule has 1 aliphatic carbocycles. The van der Waals surface area contributed by atoms with E-state index >= 15 is 0 Å². The highest BCUT2D eigenvalue weighted by Gasteiger charge is 2.18. The molecule has 1 fully saturated rings. The van der Waals surface area contributed by atoms with Crippen LogP contribution in [0, 0.1) is 18.8 Å². The number of thiophene rings is 1. The van der Waals surface area contributed by atoms with Crippen LogP contribution in [0.3, 0.4) is 0 Å². The minimum absolute atomic E-state index is 0.525. The second-order valence-electron chi connectivity index (χ2n) is 7.67. The van der Waals surface area contributed by atoms with Crippen LogP contribution in [0.5, 0.6) is 0 Å². The third kappa shape index (κ3) is 6.06. The van der Waals surface area contributed by atoms with Gasteiger partial charge < -0.3 is 15.2 Å². The number of hydrogen-bond donors (Lipinski definition) is 2. The SMILES string of the molecule is Cc1nnc(CN=C(NCCC2CCCC(C)C2)NCc2cccs2)n1C. The molecular weight excluding hydrogens is 356 g/mol. The first-order chi connectivity index (χ1) is 13.1. The van der Waals surface area contributed by atoms with Gasteiger partial charge in [-0.2, -0.15) is 0 Å². The van der Waals surface area contributed by atoms with Gasteiger partial charge in [-0.15, -0.1) is 21.5 Å². The second-order valence-corrected chi connectivity index (χ2v) is 8.71. The third-order valence-corrected chi connectivity index (χ3v) is 6.34. The zero-order valence-corrected chi connectivity index (χ0v) is 17.6. The number of nitrogens with one attached hydrogen (secondary N) is 2. The van der Waals surface area contributed by atoms with Crippen molar-refractivity contribution in [2.45, 2.75) is 59.0 Å². The van der Waals surface area contributed by atoms with E-state index in [0.29, 0.717) is 6.54 Å². The lowest BCUT2D eigenvalue weighted by atomic mass is 9.81. The van der Waals surface area contributed by atoms with Crippen LogP contribution in [0.25, 0.3) is 0 Å². The predicted molar refractivity (Wildman–Crippen MR) is 112 cm³/mol. The smallest absolute Gasteiger partial charge is 0.192 e. The Morgan fingerprint density at radius 2 is 2.22 bits per heavy atom. The number of nitrogens with zero attached hydrogens (tertiary/aromatic N) is 4. The molecule has 7 heteroatoms. The molecule has 0 radical (unpaired) electrons. The topological polar surface area (TPSA) is 67.1 Å². The molecule has 3 rings (SSSR count). The van der Waals surface area contributed by atoms with Crippen molar-refractivity contribution in [3.63, 3.8) is 0 Å². The predicted octanol–water partition coefficient (Wildman–Crippen LogP) is 3.64. The number of aromatic nitrogens is 3. The van der Waals surface area contributed by atoms with Gasteiger partial charge in [-0.05, 0) is 43.0 Å². The van der Waals surface area contributed by atoms with Crippen molar-refractivity contribution < 1.29 is 0 Å². The Kier molecular flexibility index (Phi) is 7.26. The zero-order chi connectivity index (χ0) is 19.1. The molecule has 0 spiro atoms. The van der Waals surface area contributed by atoms with Gasteiger partial charge >= 0.3 is 0 Å². The average molecular weight is 389 g/mol. The standard InChI is InChI=1S/C20H32N6S/c1-15-6-4-7-17(12-15)9-10-21-20(22-13-18-8-5-11-27-18)23-14-19-25-24-16(2)26(19)3/h5,8,11,15,17H,4,6-7,9-10,12-14H2,1-3H3,(H2,21,22,23). The first-order valence-corrected chi connectivity index (χ1v) is 10.9. The van der Waals surface area contributed by atoms with Gasteiger partial charge in [-0.25, -0.2) is 4.99 Å². The van der Waals surface area contributed by atoms with E-state index in [1.54, 1.807) is 11.3 Å². The molecule has 2 N–H and O–H groups in total. The minimum Gasteiger partial charge on any atom is -0.356 e. The van der Waals surface area contributed by atoms with Crippen LogP contribution < -0.4 is 10.6 Å². The molecule has 2 heterocycles. The van der Waals surface area contributed by atoms with Crippen LogP contribution in [0.15, 0.2) is 22.5 Å². The molecule has 0 saturated heterocycles. The summed E-state index contributed by atoms with van der Waals surface area (Å²) >= 11 is 1.76. The van der Waals surface area contributed by atoms with Gasteiger partial charge in [0, 0.05) is 18.5 Å². The molecule has 148 valence electrons. The normalized spacial score (nSPS) is 20.6. The van der Waals surface area contributed by atoms with Gasteiger partial charge in [0.05, 0.1) is 6.54 Å². The van der Waals surface area contributed by atoms with E-state index in [-0.39, 0.29) is 0 Å². The summed E-state index contributed by atoms with van der Waals surface area (Å²) in [6, 6.07) is 4.23. The lowest BCUT2D eigenvalue weighted by Gasteiger charge is -2.26. The molecule has 1 aliphatic rings. The van der Waals surface area contributed by atoms with Crippen LogP contribution in [0.1, 0.15) is 55.6 Å². The lowest BCUT2D eigenvalue weighted by molar-refractivity contribution is 0.270. The van der Waals surface area contributed by atoms with Gasteiger partial charge in [0.1, 0.15) is 12.4 Å². The van der Waals surface area contributed by atoms with Gasteiger partial charge in [0.25, 0.3) is 0 Å². The van der Waals surface area contributed by atoms with E-state index in [0.717, 1.165) is 42.5 Å². The van der Waals surface area contributed by atoms with Crippen LogP contribution in [0.2, 0.25) is 0 Å². The van der Waals surface area contributed by atoms with Crippen LogP contribution in [-0.4, -0.2) is 27.3 Å². The molecule has 0 aliphatic heterocycles. The molecule has 27 heavy (non-hydrogen) atoms. The Morgan fingerprint density at radius 3 is 2.93 bits per heavy atom. The fourth-order valence-corrected chi connectivity index (χ4v) is 4.36. The van der Waals surface area contributed by atoms with Crippen LogP contribution in [-0.2, 0) is 20.1 Å². The van der Waals surface area contributed by atoms with E-state index in [1.165, 1.54) is 37.0 Å². The average Bonchev–Trinajstić information content (AvgIpc) is 3.28. The quantitative estimate of drug-likeness (QED) is 0.561. The number of guanidine groups is 1. The third-order valence-electron chi connectivity index (χ3n) is 5.46. The number of rotatable bonds is 7. The lowest BCUT2D eigenvalue weighted by Crippen LogP contribution is -2.38. The molecule has 2 aromatic heterocycles. The van der Waals surface area contributed by atoms with Gasteiger partial charge in [-0.1, -0.05) is 32.3 Å². The fourth-order valence-electron chi connectivity index (χ4n) is 3.71. The highest BCUT2D eigenvalue weighted by Crippen LogP contribution is 2.30. The van der Waals surface area contributed by atoms with E-state index in [9.17, 15) is 0 Å². The largest absolute Gasteiger partial charge is 0.356 e. The van der Waals surface area contributed by atoms with Crippen molar-refractivity contribution in [1.82, 2.24) is 25.4 Å². The Balaban J connectivity index is 1.54. The maximum Gasteiger partial charge on any atom is 0.192 e. The molecular formula is C20H32N6S. The number of aliphatic imine (C=N–C) groups is 1. The monoisotopic (exact) mass is 388 g/mol. The van der Waals surface area contributed by atoms with Crippen molar-refractivity contribution in [3.05, 3.63) is 34.0 Å². The maximum absolute atomic E-state index is 4.74. The van der Waals surface area contributed by atoms with Crippen molar-refractivity contribution in [2.24, 2.45) is 23.9 Å². The van der Waals surface area contributed by atoms with Gasteiger partial charge in [0.15, 0.2) is 11.8 Å². The summed E-state index contributed by atoms with van der Waals surface area (Å²) in [7, 11) is 1.98. The molecule has 2 unspecified atom stereocenters. The molecule has 2 atom stereocenters. The summed E-state index contributed by atoms with van der Waals surface area (Å²) in [5.41, 5.74) is 0. The Labute approximate surface area is 166 Å². The summed E-state index contributed by atoms with van der Waals surface area (Å²) in [5, 5.41) is 17.4. The summed E-state index contributed by atoms with van der Waals surface area (Å²) in [5.74, 6) is 4.38. The van der Waals surface area contributed by atoms with Crippen LogP contribution >= 0.6 is 11.3 Å². The van der Waals surface area contributed by atoms with E-state index in [2.05, 4.69) is 45.3 Å². The highest BCUT2D eigenvalue weighted by atomic mass is 32.1. The minimum atomic E-state index is 0.525. The first kappa shape index (κ1) is 19.9. The molecule has 6 nitrogen and oxygen atoms in total. The van der Waals surface area contributed by atoms with Crippen LogP contribution in [0.4, 0.5) is 0 Å². The van der Waals surface area contributed by atoms with E-state index < -0.39 is 0 Å². The number of aryl methyl sites for hydroxylation is 1. The maximum atomic E-state index is 4.74. The van der Waals surface area contributed by atoms with E-state index in [4.69, 9.17) is 4.99 Å². The summed E-state index contributed by atoms with van der Waals surface area (Å²) < 4.78 is 1.99. The van der Waals surface area contributed by atoms with Crippen molar-refractivity contribution in [2.75, 3.05) is 6.54 Å². The summed E-state index contributed by atoms with van der Waals surface area (Å²) in [6.07, 6.45) is 6.74. The van der Waals surface area contributed by atoms with Gasteiger partial charge in [0.2, 0.25) is 0 Å². The number of hydrogen-bond acceptors (Lipinski definition) is 4. The van der Waals surface area contributed by atoms with Crippen molar-refractivity contribution >= 4 is 17.3 Å².